The molecule has 0 aliphatic heterocycles. The van der Waals surface area contributed by atoms with Crippen molar-refractivity contribution in [2.75, 3.05) is 6.61 Å². The molecule has 212 valence electrons. The molecule has 4 rings (SSSR count). The molecular weight excluding hydrogens is 589 g/mol. The maximum atomic E-state index is 12.8. The normalized spacial score (nSPS) is 10.6. The first-order chi connectivity index (χ1) is 20.2. The lowest BCUT2D eigenvalue weighted by molar-refractivity contribution is -0.385. The van der Waals surface area contributed by atoms with Gasteiger partial charge in [-0.3, -0.25) is 14.9 Å². The predicted octanol–water partition coefficient (Wildman–Crippen LogP) is 5.87. The lowest BCUT2D eigenvalue weighted by atomic mass is 10.2. The molecule has 11 nitrogen and oxygen atoms in total. The molecule has 0 aliphatic carbocycles. The van der Waals surface area contributed by atoms with Crippen molar-refractivity contribution in [3.05, 3.63) is 128 Å². The van der Waals surface area contributed by atoms with Gasteiger partial charge in [0.2, 0.25) is 0 Å². The van der Waals surface area contributed by atoms with E-state index < -0.39 is 29.4 Å². The molecule has 0 aromatic heterocycles. The fraction of sp³-hybridized carbons (Fsp3) is 0.0345. The van der Waals surface area contributed by atoms with Gasteiger partial charge in [-0.2, -0.15) is 5.10 Å². The molecule has 4 aromatic carbocycles. The van der Waals surface area contributed by atoms with Gasteiger partial charge in [-0.25, -0.2) is 15.0 Å². The molecule has 0 aliphatic rings. The number of hydrogen-bond acceptors (Lipinski definition) is 9. The Morgan fingerprint density at radius 3 is 2.02 bits per heavy atom. The minimum Gasteiger partial charge on any atom is -0.477 e. The van der Waals surface area contributed by atoms with Gasteiger partial charge in [0.25, 0.3) is 5.91 Å². The summed E-state index contributed by atoms with van der Waals surface area (Å²) in [4.78, 5) is 48.0. The summed E-state index contributed by atoms with van der Waals surface area (Å²) in [5, 5.41) is 15.8. The molecular formula is C29H19Cl2N3O8. The third kappa shape index (κ3) is 8.13. The van der Waals surface area contributed by atoms with Crippen molar-refractivity contribution in [3.63, 3.8) is 0 Å². The van der Waals surface area contributed by atoms with Gasteiger partial charge in [-0.05, 0) is 66.7 Å². The molecule has 13 heteroatoms. The summed E-state index contributed by atoms with van der Waals surface area (Å²) in [6, 6.07) is 21.9. The lowest BCUT2D eigenvalue weighted by Gasteiger charge is -2.11. The molecule has 0 heterocycles. The van der Waals surface area contributed by atoms with Crippen LogP contribution in [0.4, 0.5) is 5.69 Å². The van der Waals surface area contributed by atoms with Crippen molar-refractivity contribution in [3.8, 4) is 17.2 Å². The number of hydrogen-bond donors (Lipinski definition) is 1. The summed E-state index contributed by atoms with van der Waals surface area (Å²) in [6.07, 6.45) is 1.19. The summed E-state index contributed by atoms with van der Waals surface area (Å²) in [6.45, 7) is -0.555. The van der Waals surface area contributed by atoms with Gasteiger partial charge >= 0.3 is 17.6 Å². The lowest BCUT2D eigenvalue weighted by Crippen LogP contribution is -2.24. The van der Waals surface area contributed by atoms with E-state index in [-0.39, 0.29) is 39.6 Å². The monoisotopic (exact) mass is 607 g/mol. The number of nitrogens with zero attached hydrogens (tertiary/aromatic N) is 2. The van der Waals surface area contributed by atoms with Crippen molar-refractivity contribution >= 4 is 52.9 Å². The molecule has 0 unspecified atom stereocenters. The number of ether oxygens (including phenoxy) is 3. The van der Waals surface area contributed by atoms with Crippen LogP contribution >= 0.6 is 23.2 Å². The molecule has 0 atom stereocenters. The summed E-state index contributed by atoms with van der Waals surface area (Å²) in [5.74, 6) is -2.17. The number of halogens is 2. The minimum absolute atomic E-state index is 0.0366. The number of nitrogens with one attached hydrogen (secondary N) is 1. The number of carbonyl (C=O) groups excluding carboxylic acids is 3. The fourth-order valence-electron chi connectivity index (χ4n) is 3.35. The first-order valence-corrected chi connectivity index (χ1v) is 12.7. The zero-order valence-electron chi connectivity index (χ0n) is 21.4. The second-order valence-electron chi connectivity index (χ2n) is 8.30. The van der Waals surface area contributed by atoms with Crippen molar-refractivity contribution in [1.82, 2.24) is 5.43 Å². The highest BCUT2D eigenvalue weighted by atomic mass is 35.5. The van der Waals surface area contributed by atoms with Crippen LogP contribution in [0.15, 0.2) is 96.1 Å². The van der Waals surface area contributed by atoms with E-state index in [0.717, 1.165) is 0 Å². The van der Waals surface area contributed by atoms with Crippen LogP contribution in [0, 0.1) is 10.1 Å². The average Bonchev–Trinajstić information content (AvgIpc) is 2.98. The summed E-state index contributed by atoms with van der Waals surface area (Å²) in [5.41, 5.74) is 2.62. The van der Waals surface area contributed by atoms with Crippen molar-refractivity contribution in [2.24, 2.45) is 5.10 Å². The van der Waals surface area contributed by atoms with E-state index in [9.17, 15) is 24.5 Å². The minimum atomic E-state index is -0.732. The Kier molecular flexibility index (Phi) is 9.82. The number of rotatable bonds is 10. The summed E-state index contributed by atoms with van der Waals surface area (Å²) >= 11 is 11.8. The maximum absolute atomic E-state index is 12.8. The van der Waals surface area contributed by atoms with E-state index in [2.05, 4.69) is 10.5 Å². The second kappa shape index (κ2) is 13.9. The summed E-state index contributed by atoms with van der Waals surface area (Å²) in [7, 11) is 0. The number of benzene rings is 4. The Bertz CT molecular complexity index is 1660. The van der Waals surface area contributed by atoms with Crippen LogP contribution in [-0.4, -0.2) is 35.6 Å². The molecule has 0 fully saturated rings. The van der Waals surface area contributed by atoms with Crippen LogP contribution in [0.1, 0.15) is 26.3 Å². The second-order valence-corrected chi connectivity index (χ2v) is 9.17. The van der Waals surface area contributed by atoms with E-state index in [4.69, 9.17) is 37.4 Å². The average molecular weight is 608 g/mol. The van der Waals surface area contributed by atoms with Crippen LogP contribution in [0.25, 0.3) is 0 Å². The third-order valence-corrected chi connectivity index (χ3v) is 5.88. The summed E-state index contributed by atoms with van der Waals surface area (Å²) < 4.78 is 16.2. The number of para-hydroxylation sites is 2. The Morgan fingerprint density at radius 2 is 1.40 bits per heavy atom. The Hall–Kier alpha value is -5.26. The molecule has 0 saturated heterocycles. The van der Waals surface area contributed by atoms with Gasteiger partial charge in [0.1, 0.15) is 11.5 Å². The van der Waals surface area contributed by atoms with E-state index in [1.807, 2.05) is 0 Å². The molecule has 42 heavy (non-hydrogen) atoms. The zero-order valence-corrected chi connectivity index (χ0v) is 22.9. The highest BCUT2D eigenvalue weighted by Crippen LogP contribution is 2.27. The van der Waals surface area contributed by atoms with Crippen molar-refractivity contribution in [2.45, 2.75) is 0 Å². The van der Waals surface area contributed by atoms with E-state index in [1.165, 1.54) is 97.2 Å². The zero-order chi connectivity index (χ0) is 30.1. The van der Waals surface area contributed by atoms with E-state index in [1.54, 1.807) is 0 Å². The molecule has 0 spiro atoms. The highest BCUT2D eigenvalue weighted by molar-refractivity contribution is 6.31. The highest BCUT2D eigenvalue weighted by Gasteiger charge is 2.16. The van der Waals surface area contributed by atoms with E-state index >= 15 is 0 Å². The van der Waals surface area contributed by atoms with Gasteiger partial charge in [0, 0.05) is 27.7 Å². The van der Waals surface area contributed by atoms with Crippen LogP contribution in [0.5, 0.6) is 17.2 Å². The van der Waals surface area contributed by atoms with Crippen LogP contribution in [0.3, 0.4) is 0 Å². The Labute approximate surface area is 248 Å². The van der Waals surface area contributed by atoms with Gasteiger partial charge in [-0.1, -0.05) is 35.3 Å². The SMILES string of the molecule is O=C(COc1ccccc1[N+](=O)[O-])NN=Cc1ccc(OC(=O)c2ccc(Cl)cc2)cc1OC(=O)c1ccc(Cl)cc1. The van der Waals surface area contributed by atoms with E-state index in [0.29, 0.717) is 10.0 Å². The fourth-order valence-corrected chi connectivity index (χ4v) is 3.60. The largest absolute Gasteiger partial charge is 0.477 e. The smallest absolute Gasteiger partial charge is 0.343 e. The van der Waals surface area contributed by atoms with Crippen LogP contribution in [0.2, 0.25) is 10.0 Å². The molecule has 0 radical (unpaired) electrons. The van der Waals surface area contributed by atoms with Crippen molar-refractivity contribution < 1.29 is 33.5 Å². The number of hydrazone groups is 1. The third-order valence-electron chi connectivity index (χ3n) is 5.37. The Balaban J connectivity index is 1.49. The standard InChI is InChI=1S/C29H19Cl2N3O8/c30-21-10-5-18(6-11-21)28(36)41-23-14-9-20(26(15-23)42-29(37)19-7-12-22(31)13-8-19)16-32-33-27(35)17-40-25-4-2-1-3-24(25)34(38)39/h1-16H,17H2,(H,33,35). The predicted molar refractivity (Wildman–Crippen MR) is 154 cm³/mol. The Morgan fingerprint density at radius 1 is 0.810 bits per heavy atom. The first-order valence-electron chi connectivity index (χ1n) is 12.0. The topological polar surface area (TPSA) is 146 Å². The number of esters is 2. The number of carbonyl (C=O) groups is 3. The van der Waals surface area contributed by atoms with Gasteiger partial charge in [0.15, 0.2) is 12.4 Å². The van der Waals surface area contributed by atoms with Crippen LogP contribution < -0.4 is 19.6 Å². The molecule has 0 saturated carbocycles. The molecule has 1 amide bonds. The van der Waals surface area contributed by atoms with Crippen LogP contribution in [-0.2, 0) is 4.79 Å². The molecule has 0 bridgehead atoms. The molecule has 1 N–H and O–H groups in total. The number of amides is 1. The van der Waals surface area contributed by atoms with Gasteiger partial charge < -0.3 is 14.2 Å². The van der Waals surface area contributed by atoms with Gasteiger partial charge in [-0.15, -0.1) is 0 Å². The quantitative estimate of drug-likeness (QED) is 0.0774. The maximum Gasteiger partial charge on any atom is 0.343 e. The van der Waals surface area contributed by atoms with Gasteiger partial charge in [0.05, 0.1) is 22.3 Å². The number of nitro groups is 1. The molecule has 4 aromatic rings. The first kappa shape index (κ1) is 29.7. The number of nitro benzene ring substituents is 1. The van der Waals surface area contributed by atoms with Crippen molar-refractivity contribution in [1.29, 1.82) is 0 Å².